The number of aromatic nitrogens is 2. The van der Waals surface area contributed by atoms with Gasteiger partial charge in [-0.25, -0.2) is 4.98 Å². The predicted molar refractivity (Wildman–Crippen MR) is 105 cm³/mol. The Kier molecular flexibility index (Phi) is 6.35. The van der Waals surface area contributed by atoms with Gasteiger partial charge in [0.25, 0.3) is 0 Å². The zero-order chi connectivity index (χ0) is 18.2. The van der Waals surface area contributed by atoms with Crippen LogP contribution in [0.15, 0.2) is 48.0 Å². The van der Waals surface area contributed by atoms with Crippen molar-refractivity contribution in [3.63, 3.8) is 0 Å². The third-order valence-electron chi connectivity index (χ3n) is 4.49. The molecule has 1 aliphatic rings. The number of guanidine groups is 1. The number of aliphatic imine (C=N–C) groups is 1. The number of nitrogens with zero attached hydrogens (tertiary/aromatic N) is 4. The van der Waals surface area contributed by atoms with E-state index in [1.54, 1.807) is 13.3 Å². The first-order valence-corrected chi connectivity index (χ1v) is 9.18. The monoisotopic (exact) mass is 356 g/mol. The quantitative estimate of drug-likeness (QED) is 0.584. The van der Waals surface area contributed by atoms with Gasteiger partial charge in [0.2, 0.25) is 0 Å². The van der Waals surface area contributed by atoms with Crippen molar-refractivity contribution >= 4 is 11.6 Å². The van der Waals surface area contributed by atoms with E-state index in [1.165, 1.54) is 0 Å². The highest BCUT2D eigenvalue weighted by atomic mass is 16.5. The van der Waals surface area contributed by atoms with Gasteiger partial charge in [-0.1, -0.05) is 12.1 Å². The predicted octanol–water partition coefficient (Wildman–Crippen LogP) is 1.73. The second-order valence-corrected chi connectivity index (χ2v) is 6.31. The molecule has 7 heteroatoms. The van der Waals surface area contributed by atoms with Gasteiger partial charge in [0.1, 0.15) is 5.75 Å². The van der Waals surface area contributed by atoms with Gasteiger partial charge in [-0.15, -0.1) is 0 Å². The van der Waals surface area contributed by atoms with Gasteiger partial charge >= 0.3 is 0 Å². The Labute approximate surface area is 155 Å². The van der Waals surface area contributed by atoms with E-state index < -0.39 is 0 Å². The second kappa shape index (κ2) is 9.12. The summed E-state index contributed by atoms with van der Waals surface area (Å²) in [7, 11) is 1.72. The van der Waals surface area contributed by atoms with Gasteiger partial charge in [-0.05, 0) is 25.5 Å². The summed E-state index contributed by atoms with van der Waals surface area (Å²) in [6.07, 6.45) is 6.64. The van der Waals surface area contributed by atoms with E-state index in [-0.39, 0.29) is 0 Å². The molecule has 0 radical (unpaired) electrons. The molecule has 2 heterocycles. The number of para-hydroxylation sites is 2. The number of benzene rings is 1. The van der Waals surface area contributed by atoms with Crippen molar-refractivity contribution in [2.24, 2.45) is 4.99 Å². The average molecular weight is 356 g/mol. The molecule has 0 spiro atoms. The van der Waals surface area contributed by atoms with Crippen LogP contribution in [0, 0.1) is 0 Å². The van der Waals surface area contributed by atoms with Crippen molar-refractivity contribution in [2.45, 2.75) is 25.9 Å². The standard InChI is InChI=1S/C19H28N6O/c1-3-21-19(22-10-13-24-12-9-20-15-24)23-16-8-11-25(14-16)17-6-4-5-7-18(17)26-2/h4-7,9,12,15-16H,3,8,10-11,13-14H2,1-2H3,(H2,21,22,23). The largest absolute Gasteiger partial charge is 0.495 e. The van der Waals surface area contributed by atoms with Gasteiger partial charge in [0.05, 0.1) is 25.7 Å². The van der Waals surface area contributed by atoms with E-state index in [0.717, 1.165) is 50.0 Å². The van der Waals surface area contributed by atoms with Crippen molar-refractivity contribution in [2.75, 3.05) is 38.2 Å². The van der Waals surface area contributed by atoms with E-state index in [0.29, 0.717) is 12.6 Å². The summed E-state index contributed by atoms with van der Waals surface area (Å²) < 4.78 is 7.53. The summed E-state index contributed by atoms with van der Waals surface area (Å²) >= 11 is 0. The first-order valence-electron chi connectivity index (χ1n) is 9.18. The molecule has 0 saturated carbocycles. The molecule has 1 aliphatic heterocycles. The minimum Gasteiger partial charge on any atom is -0.495 e. The Morgan fingerprint density at radius 3 is 3.04 bits per heavy atom. The first kappa shape index (κ1) is 18.1. The lowest BCUT2D eigenvalue weighted by atomic mass is 10.2. The van der Waals surface area contributed by atoms with Crippen molar-refractivity contribution in [3.8, 4) is 5.75 Å². The van der Waals surface area contributed by atoms with E-state index in [2.05, 4.69) is 44.6 Å². The van der Waals surface area contributed by atoms with E-state index in [1.807, 2.05) is 29.2 Å². The molecule has 1 atom stereocenters. The molecule has 2 aromatic rings. The second-order valence-electron chi connectivity index (χ2n) is 6.31. The molecule has 1 aromatic carbocycles. The summed E-state index contributed by atoms with van der Waals surface area (Å²) in [4.78, 5) is 11.1. The molecule has 7 nitrogen and oxygen atoms in total. The fourth-order valence-corrected chi connectivity index (χ4v) is 3.20. The summed E-state index contributed by atoms with van der Waals surface area (Å²) in [5.41, 5.74) is 1.15. The smallest absolute Gasteiger partial charge is 0.191 e. The Balaban J connectivity index is 1.56. The number of methoxy groups -OCH3 is 1. The Morgan fingerprint density at radius 1 is 1.38 bits per heavy atom. The van der Waals surface area contributed by atoms with Crippen LogP contribution in [-0.4, -0.2) is 54.8 Å². The summed E-state index contributed by atoms with van der Waals surface area (Å²) in [5, 5.41) is 6.90. The maximum atomic E-state index is 5.50. The van der Waals surface area contributed by atoms with Crippen LogP contribution in [0.1, 0.15) is 13.3 Å². The molecule has 0 aliphatic carbocycles. The molecule has 1 aromatic heterocycles. The van der Waals surface area contributed by atoms with Crippen LogP contribution in [0.4, 0.5) is 5.69 Å². The lowest BCUT2D eigenvalue weighted by molar-refractivity contribution is 0.415. The van der Waals surface area contributed by atoms with Crippen molar-refractivity contribution < 1.29 is 4.74 Å². The maximum Gasteiger partial charge on any atom is 0.191 e. The minimum absolute atomic E-state index is 0.367. The Hall–Kier alpha value is -2.70. The Morgan fingerprint density at radius 2 is 2.27 bits per heavy atom. The molecule has 2 N–H and O–H groups in total. The van der Waals surface area contributed by atoms with Crippen LogP contribution < -0.4 is 20.3 Å². The van der Waals surface area contributed by atoms with Crippen LogP contribution in [-0.2, 0) is 6.54 Å². The SMILES string of the molecule is CCNC(=NCCn1ccnc1)NC1CCN(c2ccccc2OC)C1. The highest BCUT2D eigenvalue weighted by Gasteiger charge is 2.25. The van der Waals surface area contributed by atoms with Gasteiger partial charge in [0, 0.05) is 44.6 Å². The number of ether oxygens (including phenoxy) is 1. The molecular formula is C19H28N6O. The van der Waals surface area contributed by atoms with Crippen molar-refractivity contribution in [1.82, 2.24) is 20.2 Å². The molecular weight excluding hydrogens is 328 g/mol. The number of rotatable bonds is 7. The van der Waals surface area contributed by atoms with E-state index in [4.69, 9.17) is 4.74 Å². The molecule has 1 fully saturated rings. The van der Waals surface area contributed by atoms with Gasteiger partial charge < -0.3 is 24.8 Å². The maximum absolute atomic E-state index is 5.50. The van der Waals surface area contributed by atoms with E-state index in [9.17, 15) is 0 Å². The number of imidazole rings is 1. The molecule has 1 unspecified atom stereocenters. The fourth-order valence-electron chi connectivity index (χ4n) is 3.20. The third kappa shape index (κ3) is 4.68. The third-order valence-corrected chi connectivity index (χ3v) is 4.49. The van der Waals surface area contributed by atoms with E-state index >= 15 is 0 Å². The van der Waals surface area contributed by atoms with Crippen LogP contribution in [0.3, 0.4) is 0 Å². The van der Waals surface area contributed by atoms with Crippen LogP contribution >= 0.6 is 0 Å². The van der Waals surface area contributed by atoms with Gasteiger partial charge in [-0.2, -0.15) is 0 Å². The van der Waals surface area contributed by atoms with Crippen molar-refractivity contribution in [1.29, 1.82) is 0 Å². The molecule has 26 heavy (non-hydrogen) atoms. The van der Waals surface area contributed by atoms with Crippen molar-refractivity contribution in [3.05, 3.63) is 43.0 Å². The lowest BCUT2D eigenvalue weighted by Gasteiger charge is -2.22. The van der Waals surface area contributed by atoms with Crippen LogP contribution in [0.25, 0.3) is 0 Å². The molecule has 0 amide bonds. The number of hydrogen-bond acceptors (Lipinski definition) is 4. The number of hydrogen-bond donors (Lipinski definition) is 2. The highest BCUT2D eigenvalue weighted by Crippen LogP contribution is 2.30. The molecule has 1 saturated heterocycles. The summed E-state index contributed by atoms with van der Waals surface area (Å²) in [6, 6.07) is 8.56. The summed E-state index contributed by atoms with van der Waals surface area (Å²) in [5.74, 6) is 1.80. The molecule has 0 bridgehead atoms. The molecule has 140 valence electrons. The number of nitrogens with one attached hydrogen (secondary N) is 2. The number of anilines is 1. The zero-order valence-corrected chi connectivity index (χ0v) is 15.6. The van der Waals surface area contributed by atoms with Crippen LogP contribution in [0.5, 0.6) is 5.75 Å². The van der Waals surface area contributed by atoms with Gasteiger partial charge in [-0.3, -0.25) is 4.99 Å². The normalized spacial score (nSPS) is 17.4. The summed E-state index contributed by atoms with van der Waals surface area (Å²) in [6.45, 7) is 6.42. The average Bonchev–Trinajstić information content (AvgIpc) is 3.34. The first-order chi connectivity index (χ1) is 12.8. The van der Waals surface area contributed by atoms with Gasteiger partial charge in [0.15, 0.2) is 5.96 Å². The fraction of sp³-hybridized carbons (Fsp3) is 0.474. The molecule has 3 rings (SSSR count). The van der Waals surface area contributed by atoms with Crippen LogP contribution in [0.2, 0.25) is 0 Å². The highest BCUT2D eigenvalue weighted by molar-refractivity contribution is 5.80. The topological polar surface area (TPSA) is 66.7 Å². The lowest BCUT2D eigenvalue weighted by Crippen LogP contribution is -2.44. The minimum atomic E-state index is 0.367. The Bertz CT molecular complexity index is 700. The zero-order valence-electron chi connectivity index (χ0n) is 15.6.